The summed E-state index contributed by atoms with van der Waals surface area (Å²) in [7, 11) is 1.76. The molecule has 1 aliphatic heterocycles. The van der Waals surface area contributed by atoms with E-state index in [9.17, 15) is 14.0 Å². The lowest BCUT2D eigenvalue weighted by atomic mass is 9.95. The van der Waals surface area contributed by atoms with Crippen molar-refractivity contribution in [2.45, 2.75) is 32.7 Å². The zero-order chi connectivity index (χ0) is 19.4. The van der Waals surface area contributed by atoms with Crippen molar-refractivity contribution in [1.82, 2.24) is 20.0 Å². The minimum absolute atomic E-state index is 0.0268. The standard InChI is InChI=1S/C20H25FN4O2/c1-14-10-18(23-22-14)13-24(2)20(27)16-6-7-19(26)25(12-16)9-8-15-4-3-5-17(21)11-15/h3-5,10-11,16H,6-9,12-13H2,1-2H3,(H,22,23). The van der Waals surface area contributed by atoms with Crippen molar-refractivity contribution in [3.63, 3.8) is 0 Å². The third-order valence-corrected chi connectivity index (χ3v) is 4.94. The topological polar surface area (TPSA) is 69.3 Å². The van der Waals surface area contributed by atoms with Gasteiger partial charge in [0.15, 0.2) is 0 Å². The Morgan fingerprint density at radius 2 is 2.22 bits per heavy atom. The lowest BCUT2D eigenvalue weighted by Crippen LogP contribution is -2.46. The molecule has 7 heteroatoms. The van der Waals surface area contributed by atoms with Gasteiger partial charge in [-0.05, 0) is 43.5 Å². The number of hydrogen-bond acceptors (Lipinski definition) is 3. The summed E-state index contributed by atoms with van der Waals surface area (Å²) in [5, 5.41) is 7.04. The normalized spacial score (nSPS) is 17.2. The van der Waals surface area contributed by atoms with Crippen LogP contribution in [0, 0.1) is 18.7 Å². The lowest BCUT2D eigenvalue weighted by Gasteiger charge is -2.33. The Morgan fingerprint density at radius 1 is 1.41 bits per heavy atom. The predicted molar refractivity (Wildman–Crippen MR) is 99.2 cm³/mol. The number of carbonyl (C=O) groups is 2. The third-order valence-electron chi connectivity index (χ3n) is 4.94. The van der Waals surface area contributed by atoms with Gasteiger partial charge < -0.3 is 9.80 Å². The van der Waals surface area contributed by atoms with Crippen LogP contribution in [0.15, 0.2) is 30.3 Å². The van der Waals surface area contributed by atoms with Gasteiger partial charge >= 0.3 is 0 Å². The molecule has 0 radical (unpaired) electrons. The first kappa shape index (κ1) is 19.1. The van der Waals surface area contributed by atoms with Crippen LogP contribution in [0.2, 0.25) is 0 Å². The molecular formula is C20H25FN4O2. The molecule has 0 aliphatic carbocycles. The molecular weight excluding hydrogens is 347 g/mol. The fourth-order valence-corrected chi connectivity index (χ4v) is 3.48. The molecule has 144 valence electrons. The lowest BCUT2D eigenvalue weighted by molar-refractivity contribution is -0.142. The van der Waals surface area contributed by atoms with Crippen LogP contribution in [-0.2, 0) is 22.6 Å². The van der Waals surface area contributed by atoms with E-state index in [1.54, 1.807) is 22.9 Å². The predicted octanol–water partition coefficient (Wildman–Crippen LogP) is 2.30. The first-order chi connectivity index (χ1) is 12.9. The second-order valence-corrected chi connectivity index (χ2v) is 7.19. The average Bonchev–Trinajstić information content (AvgIpc) is 3.05. The van der Waals surface area contributed by atoms with Gasteiger partial charge in [0.1, 0.15) is 5.82 Å². The summed E-state index contributed by atoms with van der Waals surface area (Å²) in [6.45, 7) is 3.27. The summed E-state index contributed by atoms with van der Waals surface area (Å²) in [5.74, 6) is -0.402. The maximum Gasteiger partial charge on any atom is 0.227 e. The first-order valence-corrected chi connectivity index (χ1v) is 9.20. The summed E-state index contributed by atoms with van der Waals surface area (Å²) >= 11 is 0. The third kappa shape index (κ3) is 4.93. The Hall–Kier alpha value is -2.70. The number of hydrogen-bond donors (Lipinski definition) is 1. The molecule has 1 aliphatic rings. The van der Waals surface area contributed by atoms with Crippen LogP contribution in [-0.4, -0.2) is 51.9 Å². The van der Waals surface area contributed by atoms with Gasteiger partial charge in [0.25, 0.3) is 0 Å². The minimum atomic E-state index is -0.277. The number of H-pyrrole nitrogens is 1. The van der Waals surface area contributed by atoms with Gasteiger partial charge in [-0.3, -0.25) is 14.7 Å². The molecule has 0 saturated carbocycles. The van der Waals surface area contributed by atoms with E-state index >= 15 is 0 Å². The summed E-state index contributed by atoms with van der Waals surface area (Å²) in [5.41, 5.74) is 2.62. The summed E-state index contributed by atoms with van der Waals surface area (Å²) < 4.78 is 13.3. The monoisotopic (exact) mass is 372 g/mol. The molecule has 0 spiro atoms. The number of aromatic amines is 1. The molecule has 0 bridgehead atoms. The molecule has 2 heterocycles. The van der Waals surface area contributed by atoms with E-state index in [1.165, 1.54) is 12.1 Å². The van der Waals surface area contributed by atoms with Gasteiger partial charge in [0, 0.05) is 32.3 Å². The number of aryl methyl sites for hydroxylation is 1. The fourth-order valence-electron chi connectivity index (χ4n) is 3.48. The number of nitrogens with zero attached hydrogens (tertiary/aromatic N) is 3. The van der Waals surface area contributed by atoms with Crippen molar-refractivity contribution in [2.24, 2.45) is 5.92 Å². The van der Waals surface area contributed by atoms with Gasteiger partial charge in [-0.25, -0.2) is 4.39 Å². The fraction of sp³-hybridized carbons (Fsp3) is 0.450. The molecule has 27 heavy (non-hydrogen) atoms. The van der Waals surface area contributed by atoms with E-state index in [4.69, 9.17) is 0 Å². The molecule has 1 N–H and O–H groups in total. The van der Waals surface area contributed by atoms with Crippen LogP contribution in [0.3, 0.4) is 0 Å². The molecule has 2 amide bonds. The van der Waals surface area contributed by atoms with E-state index in [1.807, 2.05) is 19.1 Å². The van der Waals surface area contributed by atoms with Gasteiger partial charge in [-0.2, -0.15) is 5.10 Å². The van der Waals surface area contributed by atoms with Crippen molar-refractivity contribution < 1.29 is 14.0 Å². The van der Waals surface area contributed by atoms with E-state index in [-0.39, 0.29) is 23.5 Å². The van der Waals surface area contributed by atoms with Crippen LogP contribution in [0.5, 0.6) is 0 Å². The molecule has 2 aromatic rings. The van der Waals surface area contributed by atoms with Crippen LogP contribution < -0.4 is 0 Å². The van der Waals surface area contributed by atoms with Crippen molar-refractivity contribution in [3.05, 3.63) is 53.1 Å². The van der Waals surface area contributed by atoms with Crippen LogP contribution in [0.4, 0.5) is 4.39 Å². The smallest absolute Gasteiger partial charge is 0.227 e. The second kappa shape index (κ2) is 8.33. The SMILES string of the molecule is Cc1cc(CN(C)C(=O)C2CCC(=O)N(CCc3cccc(F)c3)C2)n[nH]1. The second-order valence-electron chi connectivity index (χ2n) is 7.19. The van der Waals surface area contributed by atoms with E-state index < -0.39 is 0 Å². The van der Waals surface area contributed by atoms with Crippen LogP contribution in [0.1, 0.15) is 29.8 Å². The molecule has 1 fully saturated rings. The summed E-state index contributed by atoms with van der Waals surface area (Å²) in [6, 6.07) is 8.32. The van der Waals surface area contributed by atoms with E-state index in [2.05, 4.69) is 10.2 Å². The Labute approximate surface area is 158 Å². The van der Waals surface area contributed by atoms with Crippen molar-refractivity contribution in [1.29, 1.82) is 0 Å². The Kier molecular flexibility index (Phi) is 5.88. The highest BCUT2D eigenvalue weighted by atomic mass is 19.1. The first-order valence-electron chi connectivity index (χ1n) is 9.20. The van der Waals surface area contributed by atoms with Gasteiger partial charge in [0.2, 0.25) is 11.8 Å². The Morgan fingerprint density at radius 3 is 2.93 bits per heavy atom. The van der Waals surface area contributed by atoms with Crippen molar-refractivity contribution in [2.75, 3.05) is 20.1 Å². The van der Waals surface area contributed by atoms with E-state index in [0.717, 1.165) is 17.0 Å². The van der Waals surface area contributed by atoms with Gasteiger partial charge in [-0.1, -0.05) is 12.1 Å². The quantitative estimate of drug-likeness (QED) is 0.846. The van der Waals surface area contributed by atoms with Crippen LogP contribution >= 0.6 is 0 Å². The number of benzene rings is 1. The number of likely N-dealkylation sites (tertiary alicyclic amines) is 1. The summed E-state index contributed by atoms with van der Waals surface area (Å²) in [4.78, 5) is 28.4. The largest absolute Gasteiger partial charge is 0.342 e. The highest BCUT2D eigenvalue weighted by Gasteiger charge is 2.31. The molecule has 1 atom stereocenters. The minimum Gasteiger partial charge on any atom is -0.342 e. The maximum atomic E-state index is 13.3. The number of rotatable bonds is 6. The number of piperidine rings is 1. The highest BCUT2D eigenvalue weighted by molar-refractivity contribution is 5.83. The highest BCUT2D eigenvalue weighted by Crippen LogP contribution is 2.21. The number of carbonyl (C=O) groups excluding carboxylic acids is 2. The van der Waals surface area contributed by atoms with Crippen molar-refractivity contribution >= 4 is 11.8 Å². The van der Waals surface area contributed by atoms with Gasteiger partial charge in [0.05, 0.1) is 18.2 Å². The maximum absolute atomic E-state index is 13.3. The molecule has 1 unspecified atom stereocenters. The number of aromatic nitrogens is 2. The van der Waals surface area contributed by atoms with Gasteiger partial charge in [-0.15, -0.1) is 0 Å². The van der Waals surface area contributed by atoms with Crippen molar-refractivity contribution in [3.8, 4) is 0 Å². The summed E-state index contributed by atoms with van der Waals surface area (Å²) in [6.07, 6.45) is 1.51. The average molecular weight is 372 g/mol. The zero-order valence-electron chi connectivity index (χ0n) is 15.7. The molecule has 1 saturated heterocycles. The van der Waals surface area contributed by atoms with Crippen LogP contribution in [0.25, 0.3) is 0 Å². The number of amides is 2. The Balaban J connectivity index is 1.56. The molecule has 1 aromatic heterocycles. The van der Waals surface area contributed by atoms with E-state index in [0.29, 0.717) is 38.9 Å². The molecule has 6 nitrogen and oxygen atoms in total. The molecule has 3 rings (SSSR count). The number of halogens is 1. The Bertz CT molecular complexity index is 820. The zero-order valence-corrected chi connectivity index (χ0v) is 15.7. The molecule has 1 aromatic carbocycles. The number of nitrogens with one attached hydrogen (secondary N) is 1.